The van der Waals surface area contributed by atoms with Crippen LogP contribution < -0.4 is 10.2 Å². The van der Waals surface area contributed by atoms with Crippen molar-refractivity contribution in [3.63, 3.8) is 0 Å². The highest BCUT2D eigenvalue weighted by Gasteiger charge is 2.18. The molecule has 1 saturated heterocycles. The second-order valence-corrected chi connectivity index (χ2v) is 6.76. The molecule has 3 rings (SSSR count). The first kappa shape index (κ1) is 18.4. The molecule has 2 aromatic heterocycles. The van der Waals surface area contributed by atoms with Crippen LogP contribution in [-0.2, 0) is 6.42 Å². The Hall–Kier alpha value is -2.41. The predicted octanol–water partition coefficient (Wildman–Crippen LogP) is 1.95. The lowest BCUT2D eigenvalue weighted by atomic mass is 10.0. The summed E-state index contributed by atoms with van der Waals surface area (Å²) in [7, 11) is 0. The molecule has 0 saturated carbocycles. The second-order valence-electron chi connectivity index (χ2n) is 6.76. The second kappa shape index (κ2) is 8.80. The first-order chi connectivity index (χ1) is 12.7. The van der Waals surface area contributed by atoms with E-state index in [2.05, 4.69) is 20.2 Å². The van der Waals surface area contributed by atoms with E-state index in [1.165, 1.54) is 6.42 Å². The molecular weight excluding hydrogens is 332 g/mol. The number of anilines is 1. The van der Waals surface area contributed by atoms with Gasteiger partial charge in [0, 0.05) is 44.8 Å². The quantitative estimate of drug-likeness (QED) is 0.786. The van der Waals surface area contributed by atoms with Crippen LogP contribution in [0.2, 0.25) is 0 Å². The van der Waals surface area contributed by atoms with E-state index in [0.717, 1.165) is 31.7 Å². The summed E-state index contributed by atoms with van der Waals surface area (Å²) in [5, 5.41) is 12.4. The maximum Gasteiger partial charge on any atom is 0.254 e. The van der Waals surface area contributed by atoms with Crippen molar-refractivity contribution < 1.29 is 14.3 Å². The fourth-order valence-corrected chi connectivity index (χ4v) is 3.17. The number of aryl methyl sites for hydroxylation is 1. The summed E-state index contributed by atoms with van der Waals surface area (Å²) in [4.78, 5) is 23.5. The number of furan rings is 1. The Morgan fingerprint density at radius 1 is 1.38 bits per heavy atom. The van der Waals surface area contributed by atoms with E-state index >= 15 is 0 Å². The molecule has 140 valence electrons. The Morgan fingerprint density at radius 3 is 2.85 bits per heavy atom. The van der Waals surface area contributed by atoms with Crippen molar-refractivity contribution in [1.29, 1.82) is 0 Å². The van der Waals surface area contributed by atoms with Crippen LogP contribution in [0.5, 0.6) is 0 Å². The lowest BCUT2D eigenvalue weighted by molar-refractivity contribution is 0.0937. The number of aliphatic hydroxyl groups is 1. The Balaban J connectivity index is 1.58. The number of carbonyl (C=O) groups is 1. The van der Waals surface area contributed by atoms with Crippen LogP contribution in [0.15, 0.2) is 29.0 Å². The maximum absolute atomic E-state index is 12.5. The van der Waals surface area contributed by atoms with Crippen LogP contribution >= 0.6 is 0 Å². The number of carbonyl (C=O) groups excluding carboxylic acids is 1. The lowest BCUT2D eigenvalue weighted by Crippen LogP contribution is -2.33. The van der Waals surface area contributed by atoms with Crippen molar-refractivity contribution in [3.05, 3.63) is 41.6 Å². The normalized spacial score (nSPS) is 15.7. The highest BCUT2D eigenvalue weighted by atomic mass is 16.3. The van der Waals surface area contributed by atoms with E-state index in [4.69, 9.17) is 4.42 Å². The van der Waals surface area contributed by atoms with Gasteiger partial charge >= 0.3 is 0 Å². The first-order valence-electron chi connectivity index (χ1n) is 9.17. The Labute approximate surface area is 153 Å². The number of aliphatic hydroxyl groups excluding tert-OH is 1. The third-order valence-electron chi connectivity index (χ3n) is 4.73. The van der Waals surface area contributed by atoms with Gasteiger partial charge in [-0.2, -0.15) is 0 Å². The molecule has 1 atom stereocenters. The SMILES string of the molecule is Cc1nc(N2CCCCC2)ncc1C(=O)NCC(CO)Cc1ccco1. The number of piperidine rings is 1. The molecule has 26 heavy (non-hydrogen) atoms. The molecule has 2 aromatic rings. The monoisotopic (exact) mass is 358 g/mol. The summed E-state index contributed by atoms with van der Waals surface area (Å²) in [5.74, 6) is 1.18. The van der Waals surface area contributed by atoms with E-state index < -0.39 is 0 Å². The molecule has 0 aromatic carbocycles. The molecule has 7 nitrogen and oxygen atoms in total. The number of nitrogens with one attached hydrogen (secondary N) is 1. The standard InChI is InChI=1S/C19H26N4O3/c1-14-17(12-21-19(22-14)23-7-3-2-4-8-23)18(25)20-11-15(13-24)10-16-6-5-9-26-16/h5-6,9,12,15,24H,2-4,7-8,10-11,13H2,1H3,(H,20,25). The number of rotatable bonds is 7. The largest absolute Gasteiger partial charge is 0.469 e. The molecule has 0 aliphatic carbocycles. The Bertz CT molecular complexity index is 712. The highest BCUT2D eigenvalue weighted by molar-refractivity contribution is 5.95. The minimum Gasteiger partial charge on any atom is -0.469 e. The summed E-state index contributed by atoms with van der Waals surface area (Å²) in [6.45, 7) is 4.11. The van der Waals surface area contributed by atoms with Gasteiger partial charge in [-0.15, -0.1) is 0 Å². The molecule has 0 radical (unpaired) electrons. The maximum atomic E-state index is 12.5. The van der Waals surface area contributed by atoms with Crippen molar-refractivity contribution in [1.82, 2.24) is 15.3 Å². The molecule has 3 heterocycles. The molecule has 7 heteroatoms. The number of amides is 1. The zero-order valence-electron chi connectivity index (χ0n) is 15.1. The fraction of sp³-hybridized carbons (Fsp3) is 0.526. The predicted molar refractivity (Wildman–Crippen MR) is 98.2 cm³/mol. The summed E-state index contributed by atoms with van der Waals surface area (Å²) < 4.78 is 5.30. The van der Waals surface area contributed by atoms with E-state index in [-0.39, 0.29) is 18.4 Å². The molecule has 1 amide bonds. The van der Waals surface area contributed by atoms with Gasteiger partial charge in [-0.1, -0.05) is 0 Å². The van der Waals surface area contributed by atoms with Gasteiger partial charge in [0.15, 0.2) is 0 Å². The zero-order chi connectivity index (χ0) is 18.4. The van der Waals surface area contributed by atoms with Crippen LogP contribution in [-0.4, -0.2) is 47.2 Å². The van der Waals surface area contributed by atoms with E-state index in [1.807, 2.05) is 19.1 Å². The van der Waals surface area contributed by atoms with E-state index in [0.29, 0.717) is 30.2 Å². The van der Waals surface area contributed by atoms with Crippen LogP contribution in [0.25, 0.3) is 0 Å². The van der Waals surface area contributed by atoms with Gasteiger partial charge in [0.1, 0.15) is 5.76 Å². The summed E-state index contributed by atoms with van der Waals surface area (Å²) in [6.07, 6.45) is 7.34. The smallest absolute Gasteiger partial charge is 0.254 e. The van der Waals surface area contributed by atoms with E-state index in [1.54, 1.807) is 12.5 Å². The van der Waals surface area contributed by atoms with Crippen molar-refractivity contribution in [2.75, 3.05) is 31.1 Å². The van der Waals surface area contributed by atoms with Crippen molar-refractivity contribution >= 4 is 11.9 Å². The van der Waals surface area contributed by atoms with Crippen LogP contribution in [0, 0.1) is 12.8 Å². The van der Waals surface area contributed by atoms with Crippen LogP contribution in [0.4, 0.5) is 5.95 Å². The fourth-order valence-electron chi connectivity index (χ4n) is 3.17. The van der Waals surface area contributed by atoms with Crippen LogP contribution in [0.1, 0.15) is 41.1 Å². The van der Waals surface area contributed by atoms with Gasteiger partial charge in [-0.25, -0.2) is 9.97 Å². The molecule has 0 spiro atoms. The zero-order valence-corrected chi connectivity index (χ0v) is 15.1. The van der Waals surface area contributed by atoms with Crippen molar-refractivity contribution in [3.8, 4) is 0 Å². The average Bonchev–Trinajstić information content (AvgIpc) is 3.18. The van der Waals surface area contributed by atoms with Gasteiger partial charge < -0.3 is 19.7 Å². The topological polar surface area (TPSA) is 91.5 Å². The minimum absolute atomic E-state index is 0.0235. The van der Waals surface area contributed by atoms with Gasteiger partial charge in [-0.3, -0.25) is 4.79 Å². The lowest BCUT2D eigenvalue weighted by Gasteiger charge is -2.26. The molecule has 1 aliphatic rings. The number of hydrogen-bond acceptors (Lipinski definition) is 6. The summed E-state index contributed by atoms with van der Waals surface area (Å²) in [6, 6.07) is 3.68. The van der Waals surface area contributed by atoms with Crippen LogP contribution in [0.3, 0.4) is 0 Å². The Kier molecular flexibility index (Phi) is 6.22. The minimum atomic E-state index is -0.217. The number of nitrogens with zero attached hydrogens (tertiary/aromatic N) is 3. The summed E-state index contributed by atoms with van der Waals surface area (Å²) >= 11 is 0. The van der Waals surface area contributed by atoms with E-state index in [9.17, 15) is 9.90 Å². The molecular formula is C19H26N4O3. The average molecular weight is 358 g/mol. The molecule has 1 fully saturated rings. The third-order valence-corrected chi connectivity index (χ3v) is 4.73. The highest BCUT2D eigenvalue weighted by Crippen LogP contribution is 2.17. The molecule has 1 aliphatic heterocycles. The van der Waals surface area contributed by atoms with Crippen molar-refractivity contribution in [2.45, 2.75) is 32.6 Å². The van der Waals surface area contributed by atoms with Gasteiger partial charge in [0.2, 0.25) is 5.95 Å². The molecule has 1 unspecified atom stereocenters. The number of hydrogen-bond donors (Lipinski definition) is 2. The third kappa shape index (κ3) is 4.60. The molecule has 0 bridgehead atoms. The number of aromatic nitrogens is 2. The van der Waals surface area contributed by atoms with Gasteiger partial charge in [0.25, 0.3) is 5.91 Å². The van der Waals surface area contributed by atoms with Gasteiger partial charge in [0.05, 0.1) is 17.5 Å². The first-order valence-corrected chi connectivity index (χ1v) is 9.17. The Morgan fingerprint density at radius 2 is 2.19 bits per heavy atom. The molecule has 2 N–H and O–H groups in total. The van der Waals surface area contributed by atoms with Crippen molar-refractivity contribution in [2.24, 2.45) is 5.92 Å². The van der Waals surface area contributed by atoms with Gasteiger partial charge in [-0.05, 0) is 38.3 Å². The summed E-state index contributed by atoms with van der Waals surface area (Å²) in [5.41, 5.74) is 1.14.